The van der Waals surface area contributed by atoms with Crippen LogP contribution in [0.25, 0.3) is 0 Å². The molecule has 54 heavy (non-hydrogen) atoms. The molecule has 0 aliphatic carbocycles. The van der Waals surface area contributed by atoms with Gasteiger partial charge in [-0.25, -0.2) is 4.99 Å². The molecule has 0 unspecified atom stereocenters. The molecule has 0 saturated carbocycles. The smallest absolute Gasteiger partial charge is 0.252 e. The summed E-state index contributed by atoms with van der Waals surface area (Å²) in [7, 11) is 0. The molecule has 1 aliphatic heterocycles. The highest BCUT2D eigenvalue weighted by Gasteiger charge is 2.53. The minimum atomic E-state index is -1.41. The molecule has 5 aromatic carbocycles. The van der Waals surface area contributed by atoms with Gasteiger partial charge in [-0.2, -0.15) is 0 Å². The quantitative estimate of drug-likeness (QED) is 0.0683. The Morgan fingerprint density at radius 2 is 1.52 bits per heavy atom. The van der Waals surface area contributed by atoms with Gasteiger partial charge in [0.1, 0.15) is 19.0 Å². The molecular weight excluding hydrogens is 723 g/mol. The number of benzene rings is 5. The van der Waals surface area contributed by atoms with Crippen molar-refractivity contribution in [2.24, 2.45) is 4.99 Å². The van der Waals surface area contributed by atoms with Crippen molar-refractivity contribution in [1.29, 1.82) is 0 Å². The van der Waals surface area contributed by atoms with Crippen LogP contribution in [-0.4, -0.2) is 42.2 Å². The SMILES string of the molecule is C=CC[C@@]1(C(=O)NCCc2ccc(OCc3ccccc3)c(OCc3ccccc3)c2)N=C(c2ccc(OCCCO)cc2)O[C@@H]1c1ccc(Cl)cc1Cl. The van der Waals surface area contributed by atoms with Gasteiger partial charge in [-0.1, -0.05) is 102 Å². The largest absolute Gasteiger partial charge is 0.494 e. The number of nitrogens with zero attached hydrogens (tertiary/aromatic N) is 1. The molecule has 0 radical (unpaired) electrons. The minimum Gasteiger partial charge on any atom is -0.494 e. The molecule has 0 saturated heterocycles. The van der Waals surface area contributed by atoms with Gasteiger partial charge in [0, 0.05) is 47.2 Å². The van der Waals surface area contributed by atoms with Gasteiger partial charge < -0.3 is 29.4 Å². The van der Waals surface area contributed by atoms with E-state index in [1.54, 1.807) is 36.4 Å². The first-order valence-corrected chi connectivity index (χ1v) is 18.6. The van der Waals surface area contributed by atoms with Crippen LogP contribution in [0.3, 0.4) is 0 Å². The number of aliphatic hydroxyl groups excluding tert-OH is 1. The van der Waals surface area contributed by atoms with E-state index in [1.165, 1.54) is 0 Å². The van der Waals surface area contributed by atoms with Gasteiger partial charge in [-0.3, -0.25) is 4.79 Å². The molecule has 0 spiro atoms. The van der Waals surface area contributed by atoms with Gasteiger partial charge >= 0.3 is 0 Å². The highest BCUT2D eigenvalue weighted by Crippen LogP contribution is 2.45. The summed E-state index contributed by atoms with van der Waals surface area (Å²) in [6, 6.07) is 38.1. The first-order chi connectivity index (χ1) is 26.4. The third kappa shape index (κ3) is 9.63. The molecule has 2 N–H and O–H groups in total. The molecule has 0 fully saturated rings. The van der Waals surface area contributed by atoms with Gasteiger partial charge in [-0.05, 0) is 71.6 Å². The van der Waals surface area contributed by atoms with Crippen molar-refractivity contribution in [3.05, 3.63) is 172 Å². The standard InChI is InChI=1S/C44H42Cl2N2O6/c1-2-23-44(41(37-20-17-35(45)28-38(37)46)54-42(48-44)34-15-18-36(19-16-34)51-26-9-25-49)43(50)47-24-22-31-14-21-39(52-29-32-10-5-3-6-11-32)40(27-31)53-30-33-12-7-4-8-13-33/h2-8,10-21,27-28,41,49H,1,9,22-26,29-30H2,(H,47,50)/t41-,44-/m1/s1. The Bertz CT molecular complexity index is 2040. The number of carbonyl (C=O) groups is 1. The third-order valence-corrected chi connectivity index (χ3v) is 9.47. The summed E-state index contributed by atoms with van der Waals surface area (Å²) in [5, 5.41) is 13.0. The van der Waals surface area contributed by atoms with Gasteiger partial charge in [0.2, 0.25) is 5.90 Å². The lowest BCUT2D eigenvalue weighted by Crippen LogP contribution is -2.48. The maximum absolute atomic E-state index is 14.4. The van der Waals surface area contributed by atoms with E-state index in [0.717, 1.165) is 16.7 Å². The lowest BCUT2D eigenvalue weighted by molar-refractivity contribution is -0.128. The molecule has 2 atom stereocenters. The molecule has 1 amide bonds. The normalized spacial score (nSPS) is 16.2. The van der Waals surface area contributed by atoms with E-state index in [2.05, 4.69) is 11.9 Å². The maximum atomic E-state index is 14.4. The van der Waals surface area contributed by atoms with Crippen molar-refractivity contribution in [2.45, 2.75) is 44.1 Å². The van der Waals surface area contributed by atoms with Crippen molar-refractivity contribution in [3.63, 3.8) is 0 Å². The monoisotopic (exact) mass is 764 g/mol. The zero-order valence-electron chi connectivity index (χ0n) is 29.8. The Kier molecular flexibility index (Phi) is 13.3. The molecule has 278 valence electrons. The summed E-state index contributed by atoms with van der Waals surface area (Å²) in [6.45, 7) is 5.48. The van der Waals surface area contributed by atoms with E-state index in [1.807, 2.05) is 91.0 Å². The number of rotatable bonds is 18. The second kappa shape index (κ2) is 18.7. The lowest BCUT2D eigenvalue weighted by Gasteiger charge is -2.30. The van der Waals surface area contributed by atoms with Crippen LogP contribution in [0.5, 0.6) is 17.2 Å². The van der Waals surface area contributed by atoms with E-state index in [0.29, 0.717) is 77.6 Å². The van der Waals surface area contributed by atoms with Crippen LogP contribution in [0, 0.1) is 0 Å². The Morgan fingerprint density at radius 1 is 0.833 bits per heavy atom. The highest BCUT2D eigenvalue weighted by atomic mass is 35.5. The summed E-state index contributed by atoms with van der Waals surface area (Å²) in [5.74, 6) is 1.84. The van der Waals surface area contributed by atoms with Crippen LogP contribution in [0.15, 0.2) is 139 Å². The zero-order chi connectivity index (χ0) is 37.8. The Labute approximate surface area is 326 Å². The van der Waals surface area contributed by atoms with Crippen molar-refractivity contribution >= 4 is 35.0 Å². The molecule has 1 heterocycles. The van der Waals surface area contributed by atoms with Gasteiger partial charge in [0.15, 0.2) is 23.1 Å². The van der Waals surface area contributed by atoms with Crippen molar-refractivity contribution in [1.82, 2.24) is 5.32 Å². The zero-order valence-corrected chi connectivity index (χ0v) is 31.3. The number of nitrogens with one attached hydrogen (secondary N) is 1. The Balaban J connectivity index is 1.22. The summed E-state index contributed by atoms with van der Waals surface area (Å²) >= 11 is 13.0. The molecule has 10 heteroatoms. The van der Waals surface area contributed by atoms with Crippen molar-refractivity contribution in [2.75, 3.05) is 19.8 Å². The number of aliphatic hydroxyl groups is 1. The van der Waals surface area contributed by atoms with Crippen LogP contribution < -0.4 is 19.5 Å². The maximum Gasteiger partial charge on any atom is 0.252 e. The van der Waals surface area contributed by atoms with Crippen LogP contribution in [0.1, 0.15) is 46.8 Å². The van der Waals surface area contributed by atoms with Crippen LogP contribution in [-0.2, 0) is 29.2 Å². The first-order valence-electron chi connectivity index (χ1n) is 17.8. The predicted octanol–water partition coefficient (Wildman–Crippen LogP) is 9.10. The number of carbonyl (C=O) groups excluding carboxylic acids is 1. The van der Waals surface area contributed by atoms with Crippen LogP contribution in [0.2, 0.25) is 10.0 Å². The van der Waals surface area contributed by atoms with Crippen molar-refractivity contribution in [3.8, 4) is 17.2 Å². The topological polar surface area (TPSA) is 98.6 Å². The number of halogens is 2. The van der Waals surface area contributed by atoms with E-state index >= 15 is 0 Å². The molecule has 0 bridgehead atoms. The average Bonchev–Trinajstić information content (AvgIpc) is 3.58. The fraction of sp³-hybridized carbons (Fsp3) is 0.227. The third-order valence-electron chi connectivity index (χ3n) is 8.91. The van der Waals surface area contributed by atoms with E-state index in [9.17, 15) is 4.79 Å². The van der Waals surface area contributed by atoms with Gasteiger partial charge in [0.05, 0.1) is 6.61 Å². The van der Waals surface area contributed by atoms with Crippen LogP contribution >= 0.6 is 23.2 Å². The number of hydrogen-bond donors (Lipinski definition) is 2. The van der Waals surface area contributed by atoms with Crippen molar-refractivity contribution < 1.29 is 28.8 Å². The average molecular weight is 766 g/mol. The molecule has 5 aromatic rings. The number of hydrogen-bond acceptors (Lipinski definition) is 7. The lowest BCUT2D eigenvalue weighted by atomic mass is 9.84. The molecule has 0 aromatic heterocycles. The van der Waals surface area contributed by atoms with E-state index in [4.69, 9.17) is 52.2 Å². The molecule has 6 rings (SSSR count). The number of ether oxygens (including phenoxy) is 4. The first kappa shape index (κ1) is 38.4. The minimum absolute atomic E-state index is 0.0471. The fourth-order valence-corrected chi connectivity index (χ4v) is 6.62. The van der Waals surface area contributed by atoms with E-state index < -0.39 is 11.6 Å². The number of amides is 1. The van der Waals surface area contributed by atoms with Gasteiger partial charge in [0.25, 0.3) is 5.91 Å². The summed E-state index contributed by atoms with van der Waals surface area (Å²) in [5.41, 5.74) is 2.86. The second-order valence-corrected chi connectivity index (χ2v) is 13.6. The Hall–Kier alpha value is -5.28. The van der Waals surface area contributed by atoms with Crippen LogP contribution in [0.4, 0.5) is 0 Å². The summed E-state index contributed by atoms with van der Waals surface area (Å²) in [6.07, 6.45) is 2.01. The van der Waals surface area contributed by atoms with E-state index in [-0.39, 0.29) is 24.8 Å². The predicted molar refractivity (Wildman–Crippen MR) is 213 cm³/mol. The molecule has 1 aliphatic rings. The Morgan fingerprint density at radius 3 is 2.17 bits per heavy atom. The molecule has 8 nitrogen and oxygen atoms in total. The number of aliphatic imine (C=N–C) groups is 1. The molecular formula is C44H42Cl2N2O6. The fourth-order valence-electron chi connectivity index (χ4n) is 6.11. The highest BCUT2D eigenvalue weighted by molar-refractivity contribution is 6.35. The second-order valence-electron chi connectivity index (χ2n) is 12.8. The van der Waals surface area contributed by atoms with Gasteiger partial charge in [-0.15, -0.1) is 6.58 Å². The summed E-state index contributed by atoms with van der Waals surface area (Å²) in [4.78, 5) is 19.4. The summed E-state index contributed by atoms with van der Waals surface area (Å²) < 4.78 is 24.7.